The van der Waals surface area contributed by atoms with E-state index < -0.39 is 5.97 Å². The van der Waals surface area contributed by atoms with Gasteiger partial charge in [0.15, 0.2) is 5.76 Å². The zero-order chi connectivity index (χ0) is 15.4. The van der Waals surface area contributed by atoms with Crippen molar-refractivity contribution in [3.8, 4) is 11.5 Å². The molecule has 0 aliphatic rings. The second-order valence-electron chi connectivity index (χ2n) is 4.57. The Morgan fingerprint density at radius 3 is 3.05 bits per heavy atom. The summed E-state index contributed by atoms with van der Waals surface area (Å²) in [6.07, 6.45) is 4.71. The van der Waals surface area contributed by atoms with E-state index in [-0.39, 0.29) is 6.61 Å². The van der Waals surface area contributed by atoms with Gasteiger partial charge >= 0.3 is 5.97 Å². The molecule has 0 spiro atoms. The van der Waals surface area contributed by atoms with E-state index in [1.54, 1.807) is 41.9 Å². The molecule has 3 aromatic heterocycles. The smallest absolute Gasteiger partial charge is 0.331 e. The van der Waals surface area contributed by atoms with Gasteiger partial charge in [-0.3, -0.25) is 0 Å². The Kier molecular flexibility index (Phi) is 4.20. The number of hydrogen-bond acceptors (Lipinski definition) is 6. The van der Waals surface area contributed by atoms with Crippen molar-refractivity contribution in [3.63, 3.8) is 0 Å². The summed E-state index contributed by atoms with van der Waals surface area (Å²) in [5.74, 6) is 0.661. The van der Waals surface area contributed by atoms with Gasteiger partial charge in [0.25, 0.3) is 0 Å². The van der Waals surface area contributed by atoms with E-state index in [4.69, 9.17) is 13.7 Å². The number of aryl methyl sites for hydroxylation is 1. The van der Waals surface area contributed by atoms with E-state index in [9.17, 15) is 4.79 Å². The molecular weight excluding hydrogens is 302 g/mol. The molecule has 22 heavy (non-hydrogen) atoms. The third-order valence-corrected chi connectivity index (χ3v) is 3.94. The van der Waals surface area contributed by atoms with Gasteiger partial charge in [0.2, 0.25) is 5.76 Å². The first-order valence-electron chi connectivity index (χ1n) is 6.61. The van der Waals surface area contributed by atoms with Crippen LogP contribution in [0.1, 0.15) is 16.1 Å². The second kappa shape index (κ2) is 6.44. The van der Waals surface area contributed by atoms with Crippen molar-refractivity contribution in [1.82, 2.24) is 5.16 Å². The van der Waals surface area contributed by atoms with E-state index in [0.29, 0.717) is 17.2 Å². The maximum Gasteiger partial charge on any atom is 0.331 e. The normalized spacial score (nSPS) is 11.1. The molecule has 112 valence electrons. The highest BCUT2D eigenvalue weighted by Gasteiger charge is 2.10. The van der Waals surface area contributed by atoms with Gasteiger partial charge in [0, 0.05) is 17.0 Å². The number of nitrogens with zero attached hydrogens (tertiary/aromatic N) is 1. The standard InChI is InChI=1S/C16H13NO4S/c1-11-6-8-22-15(11)4-5-16(18)20-10-12-9-14(21-17-12)13-3-2-7-19-13/h2-9H,10H2,1H3/b5-4+. The minimum Gasteiger partial charge on any atom is -0.461 e. The van der Waals surface area contributed by atoms with Gasteiger partial charge in [-0.15, -0.1) is 11.3 Å². The SMILES string of the molecule is Cc1ccsc1/C=C/C(=O)OCc1cc(-c2ccco2)on1. The summed E-state index contributed by atoms with van der Waals surface area (Å²) in [4.78, 5) is 12.7. The Morgan fingerprint density at radius 2 is 2.32 bits per heavy atom. The third kappa shape index (κ3) is 3.35. The van der Waals surface area contributed by atoms with Crippen molar-refractivity contribution < 1.29 is 18.5 Å². The number of hydrogen-bond donors (Lipinski definition) is 0. The molecule has 3 heterocycles. The molecule has 0 fully saturated rings. The van der Waals surface area contributed by atoms with Crippen LogP contribution in [0.4, 0.5) is 0 Å². The van der Waals surface area contributed by atoms with Gasteiger partial charge in [-0.1, -0.05) is 5.16 Å². The third-order valence-electron chi connectivity index (χ3n) is 2.96. The van der Waals surface area contributed by atoms with Crippen LogP contribution in [0.15, 0.2) is 50.9 Å². The van der Waals surface area contributed by atoms with Crippen molar-refractivity contribution in [2.45, 2.75) is 13.5 Å². The summed E-state index contributed by atoms with van der Waals surface area (Å²) in [5, 5.41) is 5.81. The Balaban J connectivity index is 1.55. The zero-order valence-corrected chi connectivity index (χ0v) is 12.6. The highest BCUT2D eigenvalue weighted by atomic mass is 32.1. The molecule has 0 unspecified atom stereocenters. The van der Waals surface area contributed by atoms with Crippen LogP contribution < -0.4 is 0 Å². The van der Waals surface area contributed by atoms with Crippen molar-refractivity contribution in [2.24, 2.45) is 0 Å². The minimum atomic E-state index is -0.421. The number of carbonyl (C=O) groups excluding carboxylic acids is 1. The van der Waals surface area contributed by atoms with Gasteiger partial charge in [-0.05, 0) is 42.1 Å². The number of esters is 1. The second-order valence-corrected chi connectivity index (χ2v) is 5.52. The topological polar surface area (TPSA) is 65.5 Å². The van der Waals surface area contributed by atoms with Gasteiger partial charge in [-0.25, -0.2) is 4.79 Å². The number of aromatic nitrogens is 1. The first-order chi connectivity index (χ1) is 10.7. The molecular formula is C16H13NO4S. The highest BCUT2D eigenvalue weighted by molar-refractivity contribution is 7.11. The van der Waals surface area contributed by atoms with Crippen LogP contribution in [-0.2, 0) is 16.1 Å². The van der Waals surface area contributed by atoms with Gasteiger partial charge in [0.1, 0.15) is 12.3 Å². The van der Waals surface area contributed by atoms with Crippen molar-refractivity contribution >= 4 is 23.4 Å². The van der Waals surface area contributed by atoms with E-state index in [1.165, 1.54) is 6.08 Å². The molecule has 3 aromatic rings. The van der Waals surface area contributed by atoms with Crippen LogP contribution in [0.25, 0.3) is 17.6 Å². The molecule has 0 atom stereocenters. The van der Waals surface area contributed by atoms with Crippen LogP contribution >= 0.6 is 11.3 Å². The number of rotatable bonds is 5. The van der Waals surface area contributed by atoms with Crippen molar-refractivity contribution in [2.75, 3.05) is 0 Å². The first kappa shape index (κ1) is 14.3. The summed E-state index contributed by atoms with van der Waals surface area (Å²) in [6, 6.07) is 7.21. The fourth-order valence-corrected chi connectivity index (χ4v) is 2.63. The van der Waals surface area contributed by atoms with E-state index in [2.05, 4.69) is 5.16 Å². The van der Waals surface area contributed by atoms with Crippen LogP contribution in [-0.4, -0.2) is 11.1 Å². The van der Waals surface area contributed by atoms with Crippen LogP contribution in [0, 0.1) is 6.92 Å². The molecule has 0 N–H and O–H groups in total. The average molecular weight is 315 g/mol. The fraction of sp³-hybridized carbons (Fsp3) is 0.125. The summed E-state index contributed by atoms with van der Waals surface area (Å²) in [6.45, 7) is 2.05. The lowest BCUT2D eigenvalue weighted by Gasteiger charge is -1.97. The van der Waals surface area contributed by atoms with Gasteiger partial charge < -0.3 is 13.7 Å². The Bertz CT molecular complexity index is 783. The van der Waals surface area contributed by atoms with E-state index in [0.717, 1.165) is 10.4 Å². The molecule has 0 amide bonds. The van der Waals surface area contributed by atoms with E-state index >= 15 is 0 Å². The number of carbonyl (C=O) groups is 1. The number of thiophene rings is 1. The summed E-state index contributed by atoms with van der Waals surface area (Å²) < 4.78 is 15.4. The average Bonchev–Trinajstić information content (AvgIpc) is 3.24. The predicted molar refractivity (Wildman–Crippen MR) is 82.1 cm³/mol. The highest BCUT2D eigenvalue weighted by Crippen LogP contribution is 2.21. The van der Waals surface area contributed by atoms with Crippen LogP contribution in [0.3, 0.4) is 0 Å². The molecule has 0 aromatic carbocycles. The minimum absolute atomic E-state index is 0.0524. The molecule has 5 nitrogen and oxygen atoms in total. The fourth-order valence-electron chi connectivity index (χ4n) is 1.81. The van der Waals surface area contributed by atoms with Gasteiger partial charge in [-0.2, -0.15) is 0 Å². The zero-order valence-electron chi connectivity index (χ0n) is 11.8. The van der Waals surface area contributed by atoms with Crippen LogP contribution in [0.2, 0.25) is 0 Å². The molecule has 6 heteroatoms. The van der Waals surface area contributed by atoms with Crippen molar-refractivity contribution in [3.05, 3.63) is 58.1 Å². The Morgan fingerprint density at radius 1 is 1.41 bits per heavy atom. The molecule has 0 radical (unpaired) electrons. The van der Waals surface area contributed by atoms with Gasteiger partial charge in [0.05, 0.1) is 6.26 Å². The maximum atomic E-state index is 11.7. The first-order valence-corrected chi connectivity index (χ1v) is 7.49. The lowest BCUT2D eigenvalue weighted by atomic mass is 10.3. The molecule has 3 rings (SSSR count). The van der Waals surface area contributed by atoms with Crippen molar-refractivity contribution in [1.29, 1.82) is 0 Å². The summed E-state index contributed by atoms with van der Waals surface area (Å²) in [5.41, 5.74) is 1.66. The molecule has 0 aliphatic carbocycles. The number of furan rings is 1. The van der Waals surface area contributed by atoms with Crippen LogP contribution in [0.5, 0.6) is 0 Å². The molecule has 0 saturated heterocycles. The maximum absolute atomic E-state index is 11.7. The molecule has 0 bridgehead atoms. The quantitative estimate of drug-likeness (QED) is 0.524. The lowest BCUT2D eigenvalue weighted by Crippen LogP contribution is -2.00. The van der Waals surface area contributed by atoms with E-state index in [1.807, 2.05) is 18.4 Å². The monoisotopic (exact) mass is 315 g/mol. The lowest BCUT2D eigenvalue weighted by molar-refractivity contribution is -0.139. The Hall–Kier alpha value is -2.60. The Labute approximate surface area is 130 Å². The molecule has 0 saturated carbocycles. The summed E-state index contributed by atoms with van der Waals surface area (Å²) in [7, 11) is 0. The summed E-state index contributed by atoms with van der Waals surface area (Å²) >= 11 is 1.58. The number of ether oxygens (including phenoxy) is 1. The predicted octanol–water partition coefficient (Wildman–Crippen LogP) is 4.06. The largest absolute Gasteiger partial charge is 0.461 e. The molecule has 0 aliphatic heterocycles.